The fourth-order valence-electron chi connectivity index (χ4n) is 4.10. The average molecular weight is 383 g/mol. The number of nitrogens with one attached hydrogen (secondary N) is 1. The highest BCUT2D eigenvalue weighted by Gasteiger charge is 2.42. The molecule has 0 radical (unpaired) electrons. The Kier molecular flexibility index (Phi) is 6.12. The Morgan fingerprint density at radius 1 is 0.857 bits per heavy atom. The topological polar surface area (TPSA) is 56.8 Å². The molecule has 0 unspecified atom stereocenters. The van der Waals surface area contributed by atoms with E-state index < -0.39 is 5.41 Å². The first-order chi connectivity index (χ1) is 13.5. The standard InChI is InChI=1S/C23H29NO4/c1-16-8-10-19(26-2)18(14-16)24-22(25)23(12-6-5-7-13-23)17-9-11-20(27-3)21(15-17)28-4/h8-11,14-15H,5-7,12-13H2,1-4H3,(H,24,25). The molecule has 1 amide bonds. The zero-order chi connectivity index (χ0) is 20.1. The first-order valence-corrected chi connectivity index (χ1v) is 9.72. The molecule has 1 saturated carbocycles. The van der Waals surface area contributed by atoms with Gasteiger partial charge in [0.15, 0.2) is 11.5 Å². The van der Waals surface area contributed by atoms with Gasteiger partial charge in [-0.15, -0.1) is 0 Å². The Morgan fingerprint density at radius 3 is 2.14 bits per heavy atom. The fourth-order valence-corrected chi connectivity index (χ4v) is 4.10. The van der Waals surface area contributed by atoms with Crippen LogP contribution in [0, 0.1) is 6.92 Å². The van der Waals surface area contributed by atoms with Crippen LogP contribution in [0.4, 0.5) is 5.69 Å². The lowest BCUT2D eigenvalue weighted by molar-refractivity contribution is -0.122. The lowest BCUT2D eigenvalue weighted by atomic mass is 9.68. The van der Waals surface area contributed by atoms with Crippen LogP contribution in [0.25, 0.3) is 0 Å². The molecule has 5 nitrogen and oxygen atoms in total. The lowest BCUT2D eigenvalue weighted by Crippen LogP contribution is -2.42. The number of hydrogen-bond donors (Lipinski definition) is 1. The van der Waals surface area contributed by atoms with Crippen molar-refractivity contribution in [1.82, 2.24) is 0 Å². The van der Waals surface area contributed by atoms with E-state index in [1.165, 1.54) is 0 Å². The van der Waals surface area contributed by atoms with E-state index in [-0.39, 0.29) is 5.91 Å². The van der Waals surface area contributed by atoms with Crippen molar-refractivity contribution in [3.8, 4) is 17.2 Å². The van der Waals surface area contributed by atoms with Crippen LogP contribution in [-0.4, -0.2) is 27.2 Å². The van der Waals surface area contributed by atoms with E-state index in [0.717, 1.165) is 43.2 Å². The third-order valence-corrected chi connectivity index (χ3v) is 5.68. The van der Waals surface area contributed by atoms with Crippen LogP contribution in [0.1, 0.15) is 43.2 Å². The number of methoxy groups -OCH3 is 3. The van der Waals surface area contributed by atoms with Crippen molar-refractivity contribution in [2.75, 3.05) is 26.6 Å². The average Bonchev–Trinajstić information content (AvgIpc) is 2.73. The largest absolute Gasteiger partial charge is 0.495 e. The summed E-state index contributed by atoms with van der Waals surface area (Å²) >= 11 is 0. The number of carbonyl (C=O) groups excluding carboxylic acids is 1. The molecule has 0 saturated heterocycles. The molecule has 0 aromatic heterocycles. The summed E-state index contributed by atoms with van der Waals surface area (Å²) in [5.74, 6) is 1.98. The second-order valence-electron chi connectivity index (χ2n) is 7.37. The zero-order valence-corrected chi connectivity index (χ0v) is 17.1. The van der Waals surface area contributed by atoms with Crippen LogP contribution in [0.15, 0.2) is 36.4 Å². The third kappa shape index (κ3) is 3.79. The molecule has 2 aromatic carbocycles. The predicted molar refractivity (Wildman–Crippen MR) is 111 cm³/mol. The SMILES string of the molecule is COc1ccc(C)cc1NC(=O)C1(c2ccc(OC)c(OC)c2)CCCCC1. The molecule has 0 bridgehead atoms. The molecule has 3 rings (SSSR count). The van der Waals surface area contributed by atoms with Crippen LogP contribution in [0.3, 0.4) is 0 Å². The van der Waals surface area contributed by atoms with E-state index >= 15 is 0 Å². The van der Waals surface area contributed by atoms with Gasteiger partial charge in [-0.3, -0.25) is 4.79 Å². The Labute approximate surface area is 167 Å². The van der Waals surface area contributed by atoms with Gasteiger partial charge in [0.2, 0.25) is 5.91 Å². The van der Waals surface area contributed by atoms with Gasteiger partial charge in [-0.1, -0.05) is 31.4 Å². The van der Waals surface area contributed by atoms with Gasteiger partial charge in [0.1, 0.15) is 5.75 Å². The fraction of sp³-hybridized carbons (Fsp3) is 0.435. The van der Waals surface area contributed by atoms with Crippen LogP contribution >= 0.6 is 0 Å². The van der Waals surface area contributed by atoms with Crippen LogP contribution < -0.4 is 19.5 Å². The van der Waals surface area contributed by atoms with E-state index in [2.05, 4.69) is 5.32 Å². The number of rotatable bonds is 6. The van der Waals surface area contributed by atoms with E-state index in [9.17, 15) is 4.79 Å². The number of hydrogen-bond acceptors (Lipinski definition) is 4. The molecule has 1 aliphatic carbocycles. The van der Waals surface area contributed by atoms with Crippen molar-refractivity contribution < 1.29 is 19.0 Å². The van der Waals surface area contributed by atoms with Gasteiger partial charge in [-0.25, -0.2) is 0 Å². The Hall–Kier alpha value is -2.69. The number of amides is 1. The molecule has 5 heteroatoms. The molecule has 1 aliphatic rings. The second kappa shape index (κ2) is 8.55. The highest BCUT2D eigenvalue weighted by atomic mass is 16.5. The van der Waals surface area contributed by atoms with Crippen LogP contribution in [0.2, 0.25) is 0 Å². The van der Waals surface area contributed by atoms with Crippen molar-refractivity contribution in [3.63, 3.8) is 0 Å². The predicted octanol–water partition coefficient (Wildman–Crippen LogP) is 4.86. The van der Waals surface area contributed by atoms with Gasteiger partial charge < -0.3 is 19.5 Å². The van der Waals surface area contributed by atoms with E-state index in [0.29, 0.717) is 22.9 Å². The number of ether oxygens (including phenoxy) is 3. The quantitative estimate of drug-likeness (QED) is 0.774. The smallest absolute Gasteiger partial charge is 0.235 e. The first kappa shape index (κ1) is 20.1. The highest BCUT2D eigenvalue weighted by Crippen LogP contribution is 2.43. The molecule has 28 heavy (non-hydrogen) atoms. The van der Waals surface area contributed by atoms with Gasteiger partial charge in [-0.05, 0) is 55.2 Å². The van der Waals surface area contributed by atoms with Gasteiger partial charge in [0.05, 0.1) is 32.4 Å². The molecule has 1 N–H and O–H groups in total. The van der Waals surface area contributed by atoms with Crippen molar-refractivity contribution >= 4 is 11.6 Å². The maximum atomic E-state index is 13.6. The minimum absolute atomic E-state index is 0.00307. The normalized spacial score (nSPS) is 15.6. The van der Waals surface area contributed by atoms with Crippen molar-refractivity contribution in [1.29, 1.82) is 0 Å². The molecule has 0 heterocycles. The summed E-state index contributed by atoms with van der Waals surface area (Å²) in [6.45, 7) is 2.00. The van der Waals surface area contributed by atoms with Gasteiger partial charge in [-0.2, -0.15) is 0 Å². The molecule has 0 spiro atoms. The third-order valence-electron chi connectivity index (χ3n) is 5.68. The Morgan fingerprint density at radius 2 is 1.50 bits per heavy atom. The summed E-state index contributed by atoms with van der Waals surface area (Å²) in [6.07, 6.45) is 4.81. The van der Waals surface area contributed by atoms with Crippen molar-refractivity contribution in [3.05, 3.63) is 47.5 Å². The summed E-state index contributed by atoms with van der Waals surface area (Å²) in [7, 11) is 4.85. The number of aryl methyl sites for hydroxylation is 1. The maximum absolute atomic E-state index is 13.6. The molecule has 1 fully saturated rings. The Bertz CT molecular complexity index is 840. The second-order valence-corrected chi connectivity index (χ2v) is 7.37. The molecule has 2 aromatic rings. The summed E-state index contributed by atoms with van der Waals surface area (Å²) in [5.41, 5.74) is 2.15. The number of benzene rings is 2. The molecular formula is C23H29NO4. The van der Waals surface area contributed by atoms with E-state index in [1.54, 1.807) is 21.3 Å². The van der Waals surface area contributed by atoms with E-state index in [4.69, 9.17) is 14.2 Å². The monoisotopic (exact) mass is 383 g/mol. The maximum Gasteiger partial charge on any atom is 0.235 e. The summed E-state index contributed by atoms with van der Waals surface area (Å²) < 4.78 is 16.3. The van der Waals surface area contributed by atoms with Crippen molar-refractivity contribution in [2.45, 2.75) is 44.4 Å². The Balaban J connectivity index is 2.00. The summed E-state index contributed by atoms with van der Waals surface area (Å²) in [4.78, 5) is 13.6. The highest BCUT2D eigenvalue weighted by molar-refractivity contribution is 6.00. The van der Waals surface area contributed by atoms with Crippen LogP contribution in [0.5, 0.6) is 17.2 Å². The molecule has 0 aliphatic heterocycles. The van der Waals surface area contributed by atoms with Crippen molar-refractivity contribution in [2.24, 2.45) is 0 Å². The number of carbonyl (C=O) groups is 1. The van der Waals surface area contributed by atoms with Gasteiger partial charge >= 0.3 is 0 Å². The summed E-state index contributed by atoms with van der Waals surface area (Å²) in [5, 5.41) is 3.14. The minimum atomic E-state index is -0.591. The van der Waals surface area contributed by atoms with Gasteiger partial charge in [0, 0.05) is 0 Å². The molecule has 150 valence electrons. The zero-order valence-electron chi connectivity index (χ0n) is 17.1. The van der Waals surface area contributed by atoms with Crippen LogP contribution in [-0.2, 0) is 10.2 Å². The lowest BCUT2D eigenvalue weighted by Gasteiger charge is -2.36. The van der Waals surface area contributed by atoms with E-state index in [1.807, 2.05) is 43.3 Å². The number of anilines is 1. The molecular weight excluding hydrogens is 354 g/mol. The minimum Gasteiger partial charge on any atom is -0.495 e. The molecule has 0 atom stereocenters. The van der Waals surface area contributed by atoms with Gasteiger partial charge in [0.25, 0.3) is 0 Å². The summed E-state index contributed by atoms with van der Waals surface area (Å²) in [6, 6.07) is 11.6. The first-order valence-electron chi connectivity index (χ1n) is 9.72.